The van der Waals surface area contributed by atoms with Gasteiger partial charge in [-0.25, -0.2) is 9.37 Å². The van der Waals surface area contributed by atoms with Gasteiger partial charge in [0.1, 0.15) is 11.6 Å². The molecule has 0 aliphatic carbocycles. The Balaban J connectivity index is 2.05. The van der Waals surface area contributed by atoms with Crippen LogP contribution in [0.3, 0.4) is 0 Å². The first kappa shape index (κ1) is 14.8. The Hall–Kier alpha value is -2.62. The van der Waals surface area contributed by atoms with E-state index in [4.69, 9.17) is 5.26 Å². The van der Waals surface area contributed by atoms with Crippen LogP contribution in [0.5, 0.6) is 0 Å². The molecule has 1 heterocycles. The van der Waals surface area contributed by atoms with E-state index in [0.29, 0.717) is 6.20 Å². The number of hydrogen-bond acceptors (Lipinski definition) is 3. The summed E-state index contributed by atoms with van der Waals surface area (Å²) in [5, 5.41) is 11.3. The molecule has 0 radical (unpaired) electrons. The van der Waals surface area contributed by atoms with Crippen LogP contribution in [0.15, 0.2) is 36.5 Å². The predicted molar refractivity (Wildman–Crippen MR) is 67.7 cm³/mol. The van der Waals surface area contributed by atoms with E-state index >= 15 is 0 Å². The van der Waals surface area contributed by atoms with Crippen LogP contribution in [0.25, 0.3) is 0 Å². The van der Waals surface area contributed by atoms with E-state index in [-0.39, 0.29) is 23.5 Å². The van der Waals surface area contributed by atoms with Crippen LogP contribution < -0.4 is 5.32 Å². The summed E-state index contributed by atoms with van der Waals surface area (Å²) in [4.78, 5) is 3.62. The van der Waals surface area contributed by atoms with Gasteiger partial charge in [-0.05, 0) is 24.3 Å². The molecular weight excluding hydrogens is 286 g/mol. The Morgan fingerprint density at radius 3 is 2.48 bits per heavy atom. The molecule has 1 aromatic carbocycles. The second kappa shape index (κ2) is 5.79. The number of pyridine rings is 1. The highest BCUT2D eigenvalue weighted by Crippen LogP contribution is 2.28. The summed E-state index contributed by atoms with van der Waals surface area (Å²) in [6.45, 7) is 0.0515. The molecule has 0 amide bonds. The number of anilines is 1. The minimum absolute atomic E-state index is 0.0515. The van der Waals surface area contributed by atoms with Gasteiger partial charge in [-0.3, -0.25) is 0 Å². The molecule has 21 heavy (non-hydrogen) atoms. The molecule has 0 spiro atoms. The highest BCUT2D eigenvalue weighted by atomic mass is 19.4. The van der Waals surface area contributed by atoms with Crippen LogP contribution in [0, 0.1) is 17.1 Å². The fourth-order valence-corrected chi connectivity index (χ4v) is 1.61. The van der Waals surface area contributed by atoms with Gasteiger partial charge in [0.05, 0.1) is 17.2 Å². The molecule has 108 valence electrons. The largest absolute Gasteiger partial charge is 0.417 e. The summed E-state index contributed by atoms with van der Waals surface area (Å²) in [5.41, 5.74) is -0.364. The van der Waals surface area contributed by atoms with Crippen molar-refractivity contribution in [3.63, 3.8) is 0 Å². The number of nitrogens with zero attached hydrogens (tertiary/aromatic N) is 2. The average Bonchev–Trinajstić information content (AvgIpc) is 2.45. The number of alkyl halides is 3. The highest BCUT2D eigenvalue weighted by molar-refractivity contribution is 5.39. The number of rotatable bonds is 3. The lowest BCUT2D eigenvalue weighted by Gasteiger charge is -2.09. The molecule has 0 saturated heterocycles. The number of halogens is 4. The number of nitriles is 1. The van der Waals surface area contributed by atoms with Crippen LogP contribution in [-0.2, 0) is 12.7 Å². The molecular formula is C14H9F4N3. The summed E-state index contributed by atoms with van der Waals surface area (Å²) in [5.74, 6) is -0.361. The van der Waals surface area contributed by atoms with Crippen molar-refractivity contribution in [2.75, 3.05) is 5.32 Å². The van der Waals surface area contributed by atoms with Crippen LogP contribution >= 0.6 is 0 Å². The van der Waals surface area contributed by atoms with Gasteiger partial charge in [0.2, 0.25) is 0 Å². The predicted octanol–water partition coefficient (Wildman–Crippen LogP) is 3.72. The van der Waals surface area contributed by atoms with E-state index in [1.54, 1.807) is 0 Å². The quantitative estimate of drug-likeness (QED) is 0.878. The van der Waals surface area contributed by atoms with Crippen molar-refractivity contribution in [3.8, 4) is 6.07 Å². The summed E-state index contributed by atoms with van der Waals surface area (Å²) >= 11 is 0. The molecule has 0 fully saturated rings. The Morgan fingerprint density at radius 1 is 1.19 bits per heavy atom. The van der Waals surface area contributed by atoms with E-state index in [0.717, 1.165) is 12.1 Å². The molecule has 2 rings (SSSR count). The summed E-state index contributed by atoms with van der Waals surface area (Å²) in [7, 11) is 0. The third kappa shape index (κ3) is 3.69. The van der Waals surface area contributed by atoms with Crippen molar-refractivity contribution in [2.45, 2.75) is 12.7 Å². The van der Waals surface area contributed by atoms with Gasteiger partial charge in [0.25, 0.3) is 0 Å². The molecule has 0 unspecified atom stereocenters. The Bertz CT molecular complexity index is 672. The first-order valence-electron chi connectivity index (χ1n) is 5.86. The number of aromatic nitrogens is 1. The van der Waals surface area contributed by atoms with Gasteiger partial charge in [-0.2, -0.15) is 18.4 Å². The minimum Gasteiger partial charge on any atom is -0.366 e. The molecule has 0 aliphatic heterocycles. The highest BCUT2D eigenvalue weighted by Gasteiger charge is 2.30. The van der Waals surface area contributed by atoms with E-state index in [1.165, 1.54) is 18.2 Å². The third-order valence-electron chi connectivity index (χ3n) is 2.73. The maximum atomic E-state index is 13.6. The molecule has 1 N–H and O–H groups in total. The van der Waals surface area contributed by atoms with Crippen molar-refractivity contribution >= 4 is 5.82 Å². The Morgan fingerprint density at radius 2 is 1.95 bits per heavy atom. The van der Waals surface area contributed by atoms with Gasteiger partial charge in [-0.1, -0.05) is 6.07 Å². The average molecular weight is 295 g/mol. The van der Waals surface area contributed by atoms with Gasteiger partial charge < -0.3 is 5.32 Å². The first-order valence-corrected chi connectivity index (χ1v) is 5.86. The Kier molecular flexibility index (Phi) is 4.08. The zero-order valence-electron chi connectivity index (χ0n) is 10.6. The lowest BCUT2D eigenvalue weighted by molar-refractivity contribution is -0.137. The lowest BCUT2D eigenvalue weighted by atomic mass is 10.1. The maximum absolute atomic E-state index is 13.6. The molecule has 3 nitrogen and oxygen atoms in total. The molecule has 0 bridgehead atoms. The number of benzene rings is 1. The van der Waals surface area contributed by atoms with Gasteiger partial charge >= 0.3 is 6.18 Å². The zero-order valence-corrected chi connectivity index (χ0v) is 10.6. The monoisotopic (exact) mass is 295 g/mol. The molecule has 2 aromatic rings. The van der Waals surface area contributed by atoms with Crippen molar-refractivity contribution in [3.05, 3.63) is 59.0 Å². The van der Waals surface area contributed by atoms with Crippen LogP contribution in [0.1, 0.15) is 16.7 Å². The van der Waals surface area contributed by atoms with E-state index in [2.05, 4.69) is 10.3 Å². The summed E-state index contributed by atoms with van der Waals surface area (Å²) in [6.07, 6.45) is -3.73. The third-order valence-corrected chi connectivity index (χ3v) is 2.73. The van der Waals surface area contributed by atoms with Crippen molar-refractivity contribution < 1.29 is 17.6 Å². The van der Waals surface area contributed by atoms with Crippen LogP contribution in [-0.4, -0.2) is 4.98 Å². The molecule has 1 aromatic heterocycles. The second-order valence-corrected chi connectivity index (χ2v) is 4.20. The van der Waals surface area contributed by atoms with Gasteiger partial charge in [0.15, 0.2) is 0 Å². The van der Waals surface area contributed by atoms with Crippen molar-refractivity contribution in [2.24, 2.45) is 0 Å². The van der Waals surface area contributed by atoms with Crippen molar-refractivity contribution in [1.82, 2.24) is 4.98 Å². The smallest absolute Gasteiger partial charge is 0.366 e. The van der Waals surface area contributed by atoms with E-state index in [1.807, 2.05) is 6.07 Å². The van der Waals surface area contributed by atoms with E-state index in [9.17, 15) is 17.6 Å². The van der Waals surface area contributed by atoms with E-state index < -0.39 is 17.6 Å². The molecule has 0 saturated carbocycles. The molecule has 0 atom stereocenters. The lowest BCUT2D eigenvalue weighted by Crippen LogP contribution is -2.07. The number of hydrogen-bond donors (Lipinski definition) is 1. The molecule has 7 heteroatoms. The van der Waals surface area contributed by atoms with Gasteiger partial charge in [-0.15, -0.1) is 0 Å². The minimum atomic E-state index is -4.44. The van der Waals surface area contributed by atoms with Crippen LogP contribution in [0.2, 0.25) is 0 Å². The zero-order chi connectivity index (χ0) is 15.5. The molecule has 0 aliphatic rings. The van der Waals surface area contributed by atoms with Crippen LogP contribution in [0.4, 0.5) is 23.4 Å². The fourth-order valence-electron chi connectivity index (χ4n) is 1.61. The van der Waals surface area contributed by atoms with Gasteiger partial charge in [0, 0.05) is 18.3 Å². The maximum Gasteiger partial charge on any atom is 0.417 e. The first-order chi connectivity index (χ1) is 9.90. The fraction of sp³-hybridized carbons (Fsp3) is 0.143. The summed E-state index contributed by atoms with van der Waals surface area (Å²) in [6, 6.07) is 7.86. The normalized spacial score (nSPS) is 11.0. The number of nitrogens with one attached hydrogen (secondary N) is 1. The standard InChI is InChI=1S/C14H9F4N3/c15-12-5-9(6-19)1-2-10(12)7-20-13-4-3-11(8-21-13)14(16,17)18/h1-5,8H,7H2,(H,20,21). The second-order valence-electron chi connectivity index (χ2n) is 4.20. The SMILES string of the molecule is N#Cc1ccc(CNc2ccc(C(F)(F)F)cn2)c(F)c1. The van der Waals surface area contributed by atoms with Crippen molar-refractivity contribution in [1.29, 1.82) is 5.26 Å². The Labute approximate surface area is 117 Å². The summed E-state index contributed by atoms with van der Waals surface area (Å²) < 4.78 is 50.7. The topological polar surface area (TPSA) is 48.7 Å².